The standard InChI is InChI=1S/C24H27F3N6O2S/c1-15-11-16(13-23(2,3)12-15)30-21(34)20-19(14-36-22-28-9-4-10-29-22)33(32-31-20)17-5-7-18(8-6-17)35-24(25,26)27/h4-10,15-16H,11-14H2,1-3H3,(H,30,34). The number of amides is 1. The molecule has 0 aliphatic heterocycles. The van der Waals surface area contributed by atoms with Crippen LogP contribution >= 0.6 is 11.8 Å². The number of hydrogen-bond donors (Lipinski definition) is 1. The number of alkyl halides is 3. The van der Waals surface area contributed by atoms with Crippen molar-refractivity contribution in [3.05, 3.63) is 54.1 Å². The van der Waals surface area contributed by atoms with Gasteiger partial charge in [-0.3, -0.25) is 4.79 Å². The predicted octanol–water partition coefficient (Wildman–Crippen LogP) is 5.19. The van der Waals surface area contributed by atoms with Gasteiger partial charge in [0.15, 0.2) is 10.9 Å². The Bertz CT molecular complexity index is 1180. The smallest absolute Gasteiger partial charge is 0.406 e. The Kier molecular flexibility index (Phi) is 7.53. The topological polar surface area (TPSA) is 94.8 Å². The van der Waals surface area contributed by atoms with Crippen LogP contribution in [0, 0.1) is 11.3 Å². The molecule has 0 bridgehead atoms. The minimum absolute atomic E-state index is 0.0122. The van der Waals surface area contributed by atoms with E-state index in [0.717, 1.165) is 19.3 Å². The highest BCUT2D eigenvalue weighted by Crippen LogP contribution is 2.38. The van der Waals surface area contributed by atoms with E-state index in [1.165, 1.54) is 40.7 Å². The first kappa shape index (κ1) is 25.9. The van der Waals surface area contributed by atoms with Crippen LogP contribution in [0.1, 0.15) is 56.2 Å². The lowest BCUT2D eigenvalue weighted by Gasteiger charge is -2.39. The van der Waals surface area contributed by atoms with Gasteiger partial charge < -0.3 is 10.1 Å². The average Bonchev–Trinajstić information content (AvgIpc) is 3.20. The summed E-state index contributed by atoms with van der Waals surface area (Å²) in [6.45, 7) is 6.59. The zero-order chi connectivity index (χ0) is 25.9. The molecule has 0 spiro atoms. The lowest BCUT2D eigenvalue weighted by Crippen LogP contribution is -2.43. The summed E-state index contributed by atoms with van der Waals surface area (Å²) in [5.74, 6) is 0.0646. The highest BCUT2D eigenvalue weighted by Gasteiger charge is 2.34. The second kappa shape index (κ2) is 10.5. The Morgan fingerprint density at radius 3 is 2.53 bits per heavy atom. The van der Waals surface area contributed by atoms with Gasteiger partial charge in [0.05, 0.1) is 11.4 Å². The number of nitrogens with zero attached hydrogens (tertiary/aromatic N) is 5. The summed E-state index contributed by atoms with van der Waals surface area (Å²) in [6.07, 6.45) is 1.28. The molecule has 1 saturated carbocycles. The zero-order valence-corrected chi connectivity index (χ0v) is 20.9. The van der Waals surface area contributed by atoms with Crippen molar-refractivity contribution in [1.29, 1.82) is 0 Å². The minimum Gasteiger partial charge on any atom is -0.406 e. The summed E-state index contributed by atoms with van der Waals surface area (Å²) in [5, 5.41) is 11.9. The van der Waals surface area contributed by atoms with Crippen LogP contribution in [0.5, 0.6) is 5.75 Å². The van der Waals surface area contributed by atoms with Crippen molar-refractivity contribution in [2.24, 2.45) is 11.3 Å². The fraction of sp³-hybridized carbons (Fsp3) is 0.458. The molecule has 192 valence electrons. The van der Waals surface area contributed by atoms with E-state index in [0.29, 0.717) is 22.5 Å². The molecule has 1 N–H and O–H groups in total. The maximum absolute atomic E-state index is 13.3. The summed E-state index contributed by atoms with van der Waals surface area (Å²) in [4.78, 5) is 21.7. The minimum atomic E-state index is -4.79. The predicted molar refractivity (Wildman–Crippen MR) is 128 cm³/mol. The lowest BCUT2D eigenvalue weighted by atomic mass is 9.70. The number of halogens is 3. The quantitative estimate of drug-likeness (QED) is 0.338. The molecule has 2 atom stereocenters. The zero-order valence-electron chi connectivity index (χ0n) is 20.1. The molecule has 0 saturated heterocycles. The molecule has 3 aromatic rings. The van der Waals surface area contributed by atoms with Gasteiger partial charge in [-0.2, -0.15) is 0 Å². The second-order valence-electron chi connectivity index (χ2n) is 9.74. The van der Waals surface area contributed by atoms with E-state index < -0.39 is 6.36 Å². The van der Waals surface area contributed by atoms with Crippen molar-refractivity contribution in [2.45, 2.75) is 63.3 Å². The summed E-state index contributed by atoms with van der Waals surface area (Å²) in [6, 6.07) is 6.94. The van der Waals surface area contributed by atoms with Gasteiger partial charge in [-0.25, -0.2) is 14.6 Å². The Morgan fingerprint density at radius 2 is 1.89 bits per heavy atom. The number of aromatic nitrogens is 5. The molecule has 1 aliphatic rings. The van der Waals surface area contributed by atoms with Crippen molar-refractivity contribution in [3.63, 3.8) is 0 Å². The Morgan fingerprint density at radius 1 is 1.19 bits per heavy atom. The van der Waals surface area contributed by atoms with Gasteiger partial charge >= 0.3 is 6.36 Å². The maximum atomic E-state index is 13.3. The summed E-state index contributed by atoms with van der Waals surface area (Å²) in [5.41, 5.74) is 1.20. The van der Waals surface area contributed by atoms with Gasteiger partial charge in [0.1, 0.15) is 5.75 Å². The lowest BCUT2D eigenvalue weighted by molar-refractivity contribution is -0.274. The van der Waals surface area contributed by atoms with Crippen LogP contribution < -0.4 is 10.1 Å². The summed E-state index contributed by atoms with van der Waals surface area (Å²) in [7, 11) is 0. The number of hydrogen-bond acceptors (Lipinski definition) is 7. The van der Waals surface area contributed by atoms with Crippen molar-refractivity contribution in [2.75, 3.05) is 0 Å². The van der Waals surface area contributed by atoms with Crippen LogP contribution in [0.25, 0.3) is 5.69 Å². The van der Waals surface area contributed by atoms with Gasteiger partial charge in [0, 0.05) is 24.2 Å². The molecule has 2 aromatic heterocycles. The van der Waals surface area contributed by atoms with Crippen LogP contribution in [0.15, 0.2) is 47.9 Å². The Balaban J connectivity index is 1.60. The number of carbonyl (C=O) groups excluding carboxylic acids is 1. The molecule has 8 nitrogen and oxygen atoms in total. The van der Waals surface area contributed by atoms with Crippen LogP contribution in [-0.2, 0) is 5.75 Å². The SMILES string of the molecule is CC1CC(NC(=O)c2nnn(-c3ccc(OC(F)(F)F)cc3)c2CSc2ncccn2)CC(C)(C)C1. The molecule has 0 radical (unpaired) electrons. The normalized spacial score (nSPS) is 19.6. The van der Waals surface area contributed by atoms with E-state index in [9.17, 15) is 18.0 Å². The first-order valence-electron chi connectivity index (χ1n) is 11.5. The summed E-state index contributed by atoms with van der Waals surface area (Å²) >= 11 is 1.30. The van der Waals surface area contributed by atoms with Crippen LogP contribution in [0.4, 0.5) is 13.2 Å². The van der Waals surface area contributed by atoms with Crippen molar-refractivity contribution in [3.8, 4) is 11.4 Å². The number of carbonyl (C=O) groups is 1. The van der Waals surface area contributed by atoms with Gasteiger partial charge in [-0.1, -0.05) is 37.7 Å². The van der Waals surface area contributed by atoms with Gasteiger partial charge in [0.2, 0.25) is 0 Å². The Labute approximate surface area is 211 Å². The first-order chi connectivity index (χ1) is 17.0. The molecule has 4 rings (SSSR count). The Hall–Kier alpha value is -3.15. The molecule has 2 unspecified atom stereocenters. The van der Waals surface area contributed by atoms with E-state index in [1.807, 2.05) is 0 Å². The number of thioether (sulfide) groups is 1. The number of ether oxygens (including phenoxy) is 1. The van der Waals surface area contributed by atoms with Gasteiger partial charge in [-0.05, 0) is 60.9 Å². The monoisotopic (exact) mass is 520 g/mol. The third-order valence-electron chi connectivity index (χ3n) is 5.90. The molecule has 1 amide bonds. The molecular weight excluding hydrogens is 493 g/mol. The van der Waals surface area contributed by atoms with Crippen molar-refractivity contribution >= 4 is 17.7 Å². The highest BCUT2D eigenvalue weighted by atomic mass is 32.2. The average molecular weight is 521 g/mol. The van der Waals surface area contributed by atoms with E-state index >= 15 is 0 Å². The molecule has 36 heavy (non-hydrogen) atoms. The number of nitrogens with one attached hydrogen (secondary N) is 1. The first-order valence-corrected chi connectivity index (χ1v) is 12.5. The van der Waals surface area contributed by atoms with E-state index in [-0.39, 0.29) is 34.6 Å². The molecule has 1 aliphatic carbocycles. The van der Waals surface area contributed by atoms with Crippen LogP contribution in [0.2, 0.25) is 0 Å². The highest BCUT2D eigenvalue weighted by molar-refractivity contribution is 7.98. The molecule has 12 heteroatoms. The molecule has 2 heterocycles. The van der Waals surface area contributed by atoms with E-state index in [4.69, 9.17) is 0 Å². The molecular formula is C24H27F3N6O2S. The number of rotatable bonds is 7. The van der Waals surface area contributed by atoms with E-state index in [1.54, 1.807) is 18.5 Å². The van der Waals surface area contributed by atoms with Gasteiger partial charge in [-0.15, -0.1) is 18.3 Å². The third kappa shape index (κ3) is 6.74. The maximum Gasteiger partial charge on any atom is 0.573 e. The van der Waals surface area contributed by atoms with Crippen LogP contribution in [0.3, 0.4) is 0 Å². The number of benzene rings is 1. The van der Waals surface area contributed by atoms with Crippen molar-refractivity contribution in [1.82, 2.24) is 30.3 Å². The fourth-order valence-corrected chi connectivity index (χ4v) is 5.60. The largest absolute Gasteiger partial charge is 0.573 e. The second-order valence-corrected chi connectivity index (χ2v) is 10.7. The molecule has 1 aromatic carbocycles. The van der Waals surface area contributed by atoms with E-state index in [2.05, 4.69) is 51.1 Å². The van der Waals surface area contributed by atoms with Crippen molar-refractivity contribution < 1.29 is 22.7 Å². The fourth-order valence-electron chi connectivity index (χ4n) is 4.81. The van der Waals surface area contributed by atoms with Gasteiger partial charge in [0.25, 0.3) is 5.91 Å². The van der Waals surface area contributed by atoms with Crippen LogP contribution in [-0.4, -0.2) is 43.3 Å². The third-order valence-corrected chi connectivity index (χ3v) is 6.78. The molecule has 1 fully saturated rings. The summed E-state index contributed by atoms with van der Waals surface area (Å²) < 4.78 is 43.0.